The molecule has 0 radical (unpaired) electrons. The van der Waals surface area contributed by atoms with Crippen molar-refractivity contribution < 1.29 is 34.7 Å². The largest absolute Gasteiger partial charge is 0.394 e. The van der Waals surface area contributed by atoms with Gasteiger partial charge in [0.1, 0.15) is 24.4 Å². The molecule has 1 aliphatic rings. The van der Waals surface area contributed by atoms with Crippen LogP contribution in [0.5, 0.6) is 0 Å². The number of nitrogens with one attached hydrogen (secondary N) is 1. The molecule has 1 aromatic rings. The van der Waals surface area contributed by atoms with E-state index in [2.05, 4.69) is 15.3 Å². The maximum Gasteiger partial charge on any atom is 0.251 e. The van der Waals surface area contributed by atoms with Gasteiger partial charge in [0.15, 0.2) is 6.29 Å². The van der Waals surface area contributed by atoms with Crippen molar-refractivity contribution in [1.29, 1.82) is 0 Å². The molecule has 1 saturated heterocycles. The quantitative estimate of drug-likeness (QED) is 0.137. The summed E-state index contributed by atoms with van der Waals surface area (Å²) in [6, 6.07) is 6.87. The Labute approximate surface area is 180 Å². The molecule has 0 aliphatic carbocycles. The molecular formula is C20H30N4O7. The average molecular weight is 438 g/mol. The Morgan fingerprint density at radius 2 is 1.81 bits per heavy atom. The molecule has 11 nitrogen and oxygen atoms in total. The lowest BCUT2D eigenvalue weighted by atomic mass is 9.99. The van der Waals surface area contributed by atoms with Crippen molar-refractivity contribution >= 4 is 5.91 Å². The van der Waals surface area contributed by atoms with E-state index in [0.717, 1.165) is 24.8 Å². The summed E-state index contributed by atoms with van der Waals surface area (Å²) in [5.74, 6) is -0.165. The summed E-state index contributed by atoms with van der Waals surface area (Å²) in [5, 5.41) is 44.8. The zero-order valence-electron chi connectivity index (χ0n) is 17.2. The lowest BCUT2D eigenvalue weighted by molar-refractivity contribution is -0.301. The maximum absolute atomic E-state index is 12.1. The van der Waals surface area contributed by atoms with Gasteiger partial charge in [0.2, 0.25) is 0 Å². The molecule has 0 saturated carbocycles. The zero-order valence-corrected chi connectivity index (χ0v) is 17.2. The first-order chi connectivity index (χ1) is 15.0. The Balaban J connectivity index is 1.56. The molecule has 1 fully saturated rings. The third kappa shape index (κ3) is 7.75. The molecule has 2 rings (SSSR count). The Hall–Kier alpha value is -2.24. The number of aliphatic hydroxyl groups excluding tert-OH is 4. The lowest BCUT2D eigenvalue weighted by Crippen LogP contribution is -2.59. The molecule has 1 aromatic carbocycles. The number of aliphatic hydroxyl groups is 4. The Morgan fingerprint density at radius 1 is 1.10 bits per heavy atom. The van der Waals surface area contributed by atoms with Crippen molar-refractivity contribution in [1.82, 2.24) is 5.32 Å². The predicted molar refractivity (Wildman–Crippen MR) is 110 cm³/mol. The van der Waals surface area contributed by atoms with E-state index in [4.69, 9.17) is 20.1 Å². The molecular weight excluding hydrogens is 408 g/mol. The molecule has 0 spiro atoms. The van der Waals surface area contributed by atoms with Gasteiger partial charge in [-0.2, -0.15) is 0 Å². The van der Waals surface area contributed by atoms with Gasteiger partial charge in [-0.3, -0.25) is 4.79 Å². The number of carbonyl (C=O) groups is 1. The topological polar surface area (TPSA) is 177 Å². The van der Waals surface area contributed by atoms with Crippen molar-refractivity contribution in [2.24, 2.45) is 5.11 Å². The molecule has 11 heteroatoms. The minimum atomic E-state index is -1.44. The second-order valence-electron chi connectivity index (χ2n) is 7.32. The standard InChI is InChI=1S/C20H30N4O7/c21-24-23-11-13-5-7-14(8-6-13)19(29)22-9-3-1-2-4-10-30-20-18(28)17(27)16(26)15(12-25)31-20/h5-8,15-18,20,25-28H,1-4,9-12H2,(H,22,29)/t15?,16-,17+,18?,20-/m1/s1. The fourth-order valence-electron chi connectivity index (χ4n) is 3.16. The van der Waals surface area contributed by atoms with E-state index in [1.165, 1.54) is 0 Å². The first kappa shape index (κ1) is 25.0. The number of benzene rings is 1. The van der Waals surface area contributed by atoms with Gasteiger partial charge >= 0.3 is 0 Å². The molecule has 5 atom stereocenters. The number of azide groups is 1. The number of unbranched alkanes of at least 4 members (excludes halogenated alkanes) is 3. The Morgan fingerprint density at radius 3 is 2.48 bits per heavy atom. The van der Waals surface area contributed by atoms with Gasteiger partial charge in [-0.1, -0.05) is 30.1 Å². The number of nitrogens with zero attached hydrogens (tertiary/aromatic N) is 3. The van der Waals surface area contributed by atoms with Gasteiger partial charge < -0.3 is 35.2 Å². The summed E-state index contributed by atoms with van der Waals surface area (Å²) in [4.78, 5) is 14.8. The van der Waals surface area contributed by atoms with Gasteiger partial charge in [-0.15, -0.1) is 0 Å². The second kappa shape index (κ2) is 13.2. The van der Waals surface area contributed by atoms with Crippen LogP contribution >= 0.6 is 0 Å². The molecule has 5 N–H and O–H groups in total. The number of hydrogen-bond donors (Lipinski definition) is 5. The van der Waals surface area contributed by atoms with Gasteiger partial charge in [-0.05, 0) is 36.1 Å². The predicted octanol–water partition coefficient (Wildman–Crippen LogP) is 0.604. The van der Waals surface area contributed by atoms with Gasteiger partial charge in [-0.25, -0.2) is 0 Å². The summed E-state index contributed by atoms with van der Waals surface area (Å²) in [5.41, 5.74) is 9.69. The van der Waals surface area contributed by atoms with Crippen molar-refractivity contribution in [2.45, 2.75) is 62.9 Å². The highest BCUT2D eigenvalue weighted by Gasteiger charge is 2.43. The highest BCUT2D eigenvalue weighted by atomic mass is 16.7. The Bertz CT molecular complexity index is 725. The summed E-state index contributed by atoms with van der Waals surface area (Å²) >= 11 is 0. The minimum absolute atomic E-state index is 0.165. The van der Waals surface area contributed by atoms with Crippen LogP contribution in [0.25, 0.3) is 10.4 Å². The summed E-state index contributed by atoms with van der Waals surface area (Å²) in [7, 11) is 0. The van der Waals surface area contributed by atoms with Crippen LogP contribution < -0.4 is 5.32 Å². The van der Waals surface area contributed by atoms with Gasteiger partial charge in [0, 0.05) is 23.6 Å². The van der Waals surface area contributed by atoms with E-state index in [1.54, 1.807) is 24.3 Å². The molecule has 31 heavy (non-hydrogen) atoms. The second-order valence-corrected chi connectivity index (χ2v) is 7.32. The number of amides is 1. The number of rotatable bonds is 12. The monoisotopic (exact) mass is 438 g/mol. The van der Waals surface area contributed by atoms with E-state index >= 15 is 0 Å². The number of ether oxygens (including phenoxy) is 2. The first-order valence-corrected chi connectivity index (χ1v) is 10.3. The third-order valence-corrected chi connectivity index (χ3v) is 5.02. The van der Waals surface area contributed by atoms with E-state index in [0.29, 0.717) is 18.5 Å². The minimum Gasteiger partial charge on any atom is -0.394 e. The number of hydrogen-bond acceptors (Lipinski definition) is 8. The SMILES string of the molecule is [N-]=[N+]=NCc1ccc(C(=O)NCCCCCCO[C@@H]2OC(CO)[C@@H](O)[C@H](O)C2O)cc1. The van der Waals surface area contributed by atoms with Crippen molar-refractivity contribution in [3.05, 3.63) is 45.8 Å². The van der Waals surface area contributed by atoms with E-state index in [-0.39, 0.29) is 19.1 Å². The summed E-state index contributed by atoms with van der Waals surface area (Å²) in [6.07, 6.45) is -3.13. The molecule has 0 aromatic heterocycles. The van der Waals surface area contributed by atoms with E-state index < -0.39 is 37.3 Å². The van der Waals surface area contributed by atoms with E-state index in [9.17, 15) is 20.1 Å². The highest BCUT2D eigenvalue weighted by molar-refractivity contribution is 5.94. The summed E-state index contributed by atoms with van der Waals surface area (Å²) in [6.45, 7) is 0.582. The average Bonchev–Trinajstić information content (AvgIpc) is 2.79. The maximum atomic E-state index is 12.1. The van der Waals surface area contributed by atoms with Crippen LogP contribution in [0.1, 0.15) is 41.6 Å². The Kier molecular flexibility index (Phi) is 10.7. The van der Waals surface area contributed by atoms with Crippen LogP contribution in [0.3, 0.4) is 0 Å². The highest BCUT2D eigenvalue weighted by Crippen LogP contribution is 2.22. The smallest absolute Gasteiger partial charge is 0.251 e. The lowest BCUT2D eigenvalue weighted by Gasteiger charge is -2.39. The number of carbonyl (C=O) groups excluding carboxylic acids is 1. The molecule has 172 valence electrons. The van der Waals surface area contributed by atoms with Crippen LogP contribution in [0.4, 0.5) is 0 Å². The van der Waals surface area contributed by atoms with Crippen molar-refractivity contribution in [2.75, 3.05) is 19.8 Å². The molecule has 0 bridgehead atoms. The van der Waals surface area contributed by atoms with E-state index in [1.807, 2.05) is 0 Å². The van der Waals surface area contributed by atoms with Gasteiger partial charge in [0.25, 0.3) is 5.91 Å². The molecule has 1 aliphatic heterocycles. The van der Waals surface area contributed by atoms with Crippen LogP contribution in [0.15, 0.2) is 29.4 Å². The fourth-order valence-corrected chi connectivity index (χ4v) is 3.16. The van der Waals surface area contributed by atoms with Crippen molar-refractivity contribution in [3.63, 3.8) is 0 Å². The third-order valence-electron chi connectivity index (χ3n) is 5.02. The zero-order chi connectivity index (χ0) is 22.6. The molecule has 2 unspecified atom stereocenters. The normalized spacial score (nSPS) is 25.6. The van der Waals surface area contributed by atoms with Gasteiger partial charge in [0.05, 0.1) is 13.2 Å². The molecule has 1 amide bonds. The van der Waals surface area contributed by atoms with Crippen LogP contribution in [0.2, 0.25) is 0 Å². The first-order valence-electron chi connectivity index (χ1n) is 10.3. The fraction of sp³-hybridized carbons (Fsp3) is 0.650. The summed E-state index contributed by atoms with van der Waals surface area (Å²) < 4.78 is 10.7. The van der Waals surface area contributed by atoms with Crippen LogP contribution in [-0.2, 0) is 16.0 Å². The van der Waals surface area contributed by atoms with Crippen LogP contribution in [-0.4, -0.2) is 76.8 Å². The van der Waals surface area contributed by atoms with Crippen LogP contribution in [0, 0.1) is 0 Å². The van der Waals surface area contributed by atoms with Crippen molar-refractivity contribution in [3.8, 4) is 0 Å². The molecule has 1 heterocycles.